The third kappa shape index (κ3) is 3.00. The van der Waals surface area contributed by atoms with Crippen LogP contribution >= 0.6 is 23.2 Å². The minimum atomic E-state index is -3.84. The van der Waals surface area contributed by atoms with Gasteiger partial charge in [0.05, 0.1) is 17.8 Å². The molecule has 2 aromatic rings. The van der Waals surface area contributed by atoms with E-state index in [9.17, 15) is 8.42 Å². The Kier molecular flexibility index (Phi) is 4.29. The van der Waals surface area contributed by atoms with Gasteiger partial charge in [0.25, 0.3) is 0 Å². The minimum Gasteiger partial charge on any atom is -0.495 e. The summed E-state index contributed by atoms with van der Waals surface area (Å²) in [7, 11) is -2.35. The molecular weight excluding hydrogens is 373 g/mol. The summed E-state index contributed by atoms with van der Waals surface area (Å²) < 4.78 is 35.8. The van der Waals surface area contributed by atoms with Crippen molar-refractivity contribution in [2.45, 2.75) is 12.5 Å². The minimum absolute atomic E-state index is 0.315. The maximum Gasteiger partial charge on any atom is 0.321 e. The highest BCUT2D eigenvalue weighted by Gasteiger charge is 2.44. The smallest absolute Gasteiger partial charge is 0.321 e. The van der Waals surface area contributed by atoms with Gasteiger partial charge in [0.2, 0.25) is 0 Å². The second-order valence-corrected chi connectivity index (χ2v) is 7.49. The first kappa shape index (κ1) is 17.2. The first-order valence-corrected chi connectivity index (χ1v) is 9.05. The van der Waals surface area contributed by atoms with Crippen LogP contribution < -0.4 is 9.46 Å². The van der Waals surface area contributed by atoms with E-state index < -0.39 is 15.7 Å². The van der Waals surface area contributed by atoms with Gasteiger partial charge in [-0.15, -0.1) is 0 Å². The second-order valence-electron chi connectivity index (χ2n) is 5.36. The molecule has 1 aromatic carbocycles. The van der Waals surface area contributed by atoms with Crippen molar-refractivity contribution in [3.63, 3.8) is 0 Å². The molecule has 0 saturated heterocycles. The lowest BCUT2D eigenvalue weighted by Gasteiger charge is -2.25. The Labute approximate surface area is 149 Å². The fraction of sp³-hybridized carbons (Fsp3) is 0.200. The number of aromatic nitrogens is 1. The van der Waals surface area contributed by atoms with E-state index in [4.69, 9.17) is 27.9 Å². The fourth-order valence-electron chi connectivity index (χ4n) is 2.56. The van der Waals surface area contributed by atoms with Gasteiger partial charge in [0.1, 0.15) is 16.4 Å². The molecule has 1 aromatic heterocycles. The molecule has 0 radical (unpaired) electrons. The predicted molar refractivity (Wildman–Crippen MR) is 93.2 cm³/mol. The molecule has 9 heteroatoms. The lowest BCUT2D eigenvalue weighted by Crippen LogP contribution is -2.43. The zero-order valence-corrected chi connectivity index (χ0v) is 15.1. The second kappa shape index (κ2) is 6.00. The standard InChI is InChI=1S/C15H13Cl2N3O3S/c1-15(10-4-6-13(17)18-8-10)14(19-24(21,22)20-15)9-3-5-11(16)12(7-9)23-2/h3-8,20H,1-2H3. The Morgan fingerprint density at radius 3 is 2.58 bits per heavy atom. The summed E-state index contributed by atoms with van der Waals surface area (Å²) in [6, 6.07) is 8.25. The van der Waals surface area contributed by atoms with Gasteiger partial charge in [-0.2, -0.15) is 17.5 Å². The summed E-state index contributed by atoms with van der Waals surface area (Å²) in [5.41, 5.74) is 0.416. The van der Waals surface area contributed by atoms with E-state index in [1.54, 1.807) is 37.3 Å². The van der Waals surface area contributed by atoms with Crippen molar-refractivity contribution in [2.24, 2.45) is 4.40 Å². The fourth-order valence-corrected chi connectivity index (χ4v) is 4.17. The van der Waals surface area contributed by atoms with E-state index >= 15 is 0 Å². The van der Waals surface area contributed by atoms with Crippen LogP contribution in [0.5, 0.6) is 5.75 Å². The summed E-state index contributed by atoms with van der Waals surface area (Å²) in [6.45, 7) is 1.71. The molecular formula is C15H13Cl2N3O3S. The van der Waals surface area contributed by atoms with Gasteiger partial charge in [-0.05, 0) is 30.7 Å². The van der Waals surface area contributed by atoms with Crippen LogP contribution in [0.1, 0.15) is 18.1 Å². The van der Waals surface area contributed by atoms with Gasteiger partial charge in [0, 0.05) is 11.8 Å². The highest BCUT2D eigenvalue weighted by molar-refractivity contribution is 7.88. The SMILES string of the molecule is COc1cc(C2=NS(=O)(=O)NC2(C)c2ccc(Cl)nc2)ccc1Cl. The van der Waals surface area contributed by atoms with E-state index in [1.165, 1.54) is 13.3 Å². The van der Waals surface area contributed by atoms with Gasteiger partial charge in [-0.1, -0.05) is 35.3 Å². The Morgan fingerprint density at radius 2 is 1.96 bits per heavy atom. The monoisotopic (exact) mass is 385 g/mol. The van der Waals surface area contributed by atoms with E-state index in [-0.39, 0.29) is 0 Å². The highest BCUT2D eigenvalue weighted by atomic mass is 35.5. The van der Waals surface area contributed by atoms with Crippen LogP contribution in [0.3, 0.4) is 0 Å². The molecule has 0 amide bonds. The summed E-state index contributed by atoms with van der Waals surface area (Å²) >= 11 is 11.9. The molecule has 0 saturated carbocycles. The number of benzene rings is 1. The molecule has 0 bridgehead atoms. The van der Waals surface area contributed by atoms with E-state index in [0.717, 1.165) is 0 Å². The van der Waals surface area contributed by atoms with Crippen LogP contribution in [0.15, 0.2) is 40.9 Å². The third-order valence-corrected chi connectivity index (χ3v) is 5.37. The largest absolute Gasteiger partial charge is 0.495 e. The molecule has 2 heterocycles. The summed E-state index contributed by atoms with van der Waals surface area (Å²) in [4.78, 5) is 4.02. The quantitative estimate of drug-likeness (QED) is 0.823. The predicted octanol–water partition coefficient (Wildman–Crippen LogP) is 2.95. The molecule has 1 N–H and O–H groups in total. The lowest BCUT2D eigenvalue weighted by atomic mass is 9.85. The number of halogens is 2. The van der Waals surface area contributed by atoms with Gasteiger partial charge in [-0.25, -0.2) is 4.98 Å². The van der Waals surface area contributed by atoms with Crippen LogP contribution in [0.25, 0.3) is 0 Å². The lowest BCUT2D eigenvalue weighted by molar-refractivity contribution is 0.415. The zero-order valence-electron chi connectivity index (χ0n) is 12.7. The first-order chi connectivity index (χ1) is 11.2. The topological polar surface area (TPSA) is 80.6 Å². The molecule has 126 valence electrons. The summed E-state index contributed by atoms with van der Waals surface area (Å²) in [5.74, 6) is 0.428. The van der Waals surface area contributed by atoms with Crippen molar-refractivity contribution < 1.29 is 13.2 Å². The van der Waals surface area contributed by atoms with Crippen molar-refractivity contribution in [3.8, 4) is 5.75 Å². The van der Waals surface area contributed by atoms with Crippen LogP contribution in [0.2, 0.25) is 10.2 Å². The van der Waals surface area contributed by atoms with Gasteiger partial charge in [0.15, 0.2) is 0 Å². The van der Waals surface area contributed by atoms with Gasteiger partial charge < -0.3 is 4.74 Å². The molecule has 0 fully saturated rings. The molecule has 1 atom stereocenters. The van der Waals surface area contributed by atoms with Gasteiger partial charge in [-0.3, -0.25) is 0 Å². The Morgan fingerprint density at radius 1 is 1.21 bits per heavy atom. The van der Waals surface area contributed by atoms with Crippen LogP contribution in [-0.2, 0) is 15.7 Å². The molecule has 0 aliphatic carbocycles. The Hall–Kier alpha value is -1.67. The summed E-state index contributed by atoms with van der Waals surface area (Å²) in [6.07, 6.45) is 1.51. The molecule has 3 rings (SSSR count). The number of nitrogens with zero attached hydrogens (tertiary/aromatic N) is 2. The average molecular weight is 386 g/mol. The third-order valence-electron chi connectivity index (χ3n) is 3.75. The van der Waals surface area contributed by atoms with Crippen molar-refractivity contribution in [1.82, 2.24) is 9.71 Å². The van der Waals surface area contributed by atoms with E-state index in [0.29, 0.717) is 32.8 Å². The molecule has 1 aliphatic rings. The number of hydrogen-bond acceptors (Lipinski definition) is 4. The number of rotatable bonds is 3. The number of nitrogens with one attached hydrogen (secondary N) is 1. The number of methoxy groups -OCH3 is 1. The highest BCUT2D eigenvalue weighted by Crippen LogP contribution is 2.35. The number of ether oxygens (including phenoxy) is 1. The first-order valence-electron chi connectivity index (χ1n) is 6.85. The molecule has 1 unspecified atom stereocenters. The number of pyridine rings is 1. The molecule has 0 spiro atoms. The molecule has 24 heavy (non-hydrogen) atoms. The van der Waals surface area contributed by atoms with Crippen LogP contribution in [0, 0.1) is 0 Å². The van der Waals surface area contributed by atoms with Crippen molar-refractivity contribution in [1.29, 1.82) is 0 Å². The maximum atomic E-state index is 12.1. The van der Waals surface area contributed by atoms with Gasteiger partial charge >= 0.3 is 10.2 Å². The maximum absolute atomic E-state index is 12.1. The number of hydrogen-bond donors (Lipinski definition) is 1. The molecule has 6 nitrogen and oxygen atoms in total. The van der Waals surface area contributed by atoms with Crippen LogP contribution in [-0.4, -0.2) is 26.2 Å². The van der Waals surface area contributed by atoms with Crippen molar-refractivity contribution in [2.75, 3.05) is 7.11 Å². The summed E-state index contributed by atoms with van der Waals surface area (Å²) in [5, 5.41) is 0.736. The Bertz CT molecular complexity index is 929. The van der Waals surface area contributed by atoms with E-state index in [1.807, 2.05) is 0 Å². The normalized spacial score (nSPS) is 22.2. The zero-order chi connectivity index (χ0) is 17.5. The molecule has 1 aliphatic heterocycles. The van der Waals surface area contributed by atoms with Crippen LogP contribution in [0.4, 0.5) is 0 Å². The average Bonchev–Trinajstić information content (AvgIpc) is 2.79. The van der Waals surface area contributed by atoms with E-state index in [2.05, 4.69) is 14.1 Å². The van der Waals surface area contributed by atoms with Crippen molar-refractivity contribution in [3.05, 3.63) is 57.8 Å². The van der Waals surface area contributed by atoms with Crippen molar-refractivity contribution >= 4 is 39.1 Å². The Balaban J connectivity index is 2.17.